The highest BCUT2D eigenvalue weighted by Crippen LogP contribution is 2.39. The lowest BCUT2D eigenvalue weighted by Crippen LogP contribution is -2.46. The molecule has 3 aromatic carbocycles. The van der Waals surface area contributed by atoms with Crippen molar-refractivity contribution in [3.05, 3.63) is 102 Å². The van der Waals surface area contributed by atoms with Crippen molar-refractivity contribution in [2.45, 2.75) is 31.5 Å². The van der Waals surface area contributed by atoms with E-state index in [4.69, 9.17) is 0 Å². The summed E-state index contributed by atoms with van der Waals surface area (Å²) in [5.74, 6) is 0. The van der Waals surface area contributed by atoms with Gasteiger partial charge in [-0.15, -0.1) is 0 Å². The van der Waals surface area contributed by atoms with Crippen LogP contribution in [0, 0.1) is 0 Å². The van der Waals surface area contributed by atoms with E-state index >= 15 is 0 Å². The maximum absolute atomic E-state index is 2.49. The van der Waals surface area contributed by atoms with Crippen LogP contribution in [0.5, 0.6) is 0 Å². The van der Waals surface area contributed by atoms with Crippen molar-refractivity contribution in [1.82, 2.24) is 0 Å². The van der Waals surface area contributed by atoms with Crippen molar-refractivity contribution in [2.75, 3.05) is 0 Å². The Morgan fingerprint density at radius 2 is 1.00 bits per heavy atom. The Hall–Kier alpha value is -2.12. The van der Waals surface area contributed by atoms with Gasteiger partial charge in [-0.25, -0.2) is 0 Å². The van der Waals surface area contributed by atoms with Crippen LogP contribution in [0.3, 0.4) is 0 Å². The van der Waals surface area contributed by atoms with Crippen LogP contribution in [0.4, 0.5) is 0 Å². The van der Waals surface area contributed by atoms with Gasteiger partial charge in [-0.3, -0.25) is 0 Å². The second kappa shape index (κ2) is 6.78. The van der Waals surface area contributed by atoms with Crippen LogP contribution in [0.1, 0.15) is 18.1 Å². The van der Waals surface area contributed by atoms with E-state index in [0.717, 1.165) is 0 Å². The Kier molecular flexibility index (Phi) is 4.73. The highest BCUT2D eigenvalue weighted by molar-refractivity contribution is 6.90. The first-order chi connectivity index (χ1) is 11.5. The molecule has 0 fully saturated rings. The van der Waals surface area contributed by atoms with E-state index in [9.17, 15) is 0 Å². The predicted molar refractivity (Wildman–Crippen MR) is 108 cm³/mol. The molecule has 0 nitrogen and oxygen atoms in total. The minimum absolute atomic E-state index is 0.0358. The van der Waals surface area contributed by atoms with E-state index < -0.39 is 8.07 Å². The highest BCUT2D eigenvalue weighted by atomic mass is 28.3. The van der Waals surface area contributed by atoms with Gasteiger partial charge < -0.3 is 0 Å². The first-order valence-corrected chi connectivity index (χ1v) is 11.9. The second-order valence-corrected chi connectivity index (χ2v) is 12.2. The predicted octanol–water partition coefficient (Wildman–Crippen LogP) is 5.61. The van der Waals surface area contributed by atoms with Gasteiger partial charge in [0, 0.05) is 5.41 Å². The molecule has 0 unspecified atom stereocenters. The minimum Gasteiger partial charge on any atom is -0.0654 e. The van der Waals surface area contributed by atoms with E-state index in [1.54, 1.807) is 0 Å². The molecule has 0 aliphatic carbocycles. The quantitative estimate of drug-likeness (QED) is 0.534. The van der Waals surface area contributed by atoms with Crippen molar-refractivity contribution >= 4 is 13.3 Å². The molecule has 0 amide bonds. The fourth-order valence-corrected chi connectivity index (χ4v) is 7.33. The normalized spacial score (nSPS) is 12.1. The monoisotopic (exact) mass is 330 g/mol. The van der Waals surface area contributed by atoms with Gasteiger partial charge in [0.1, 0.15) is 0 Å². The average Bonchev–Trinajstić information content (AvgIpc) is 2.63. The summed E-state index contributed by atoms with van der Waals surface area (Å²) < 4.78 is 0. The Morgan fingerprint density at radius 1 is 0.625 bits per heavy atom. The maximum Gasteiger partial charge on any atom is 0.0818 e. The molecule has 0 N–H and O–H groups in total. The van der Waals surface area contributed by atoms with E-state index in [1.807, 2.05) is 0 Å². The first kappa shape index (κ1) is 16.7. The van der Waals surface area contributed by atoms with Gasteiger partial charge >= 0.3 is 0 Å². The summed E-state index contributed by atoms with van der Waals surface area (Å²) in [6.07, 6.45) is 0. The van der Waals surface area contributed by atoms with Crippen LogP contribution < -0.4 is 5.19 Å². The van der Waals surface area contributed by atoms with Gasteiger partial charge in [0.2, 0.25) is 0 Å². The third-order valence-electron chi connectivity index (χ3n) is 5.17. The summed E-state index contributed by atoms with van der Waals surface area (Å²) >= 11 is 0. The van der Waals surface area contributed by atoms with Crippen LogP contribution in [0.15, 0.2) is 91.0 Å². The average molecular weight is 331 g/mol. The first-order valence-electron chi connectivity index (χ1n) is 8.69. The van der Waals surface area contributed by atoms with Crippen LogP contribution in [0.2, 0.25) is 19.1 Å². The summed E-state index contributed by atoms with van der Waals surface area (Å²) in [5.41, 5.74) is 2.86. The molecular weight excluding hydrogens is 304 g/mol. The molecule has 122 valence electrons. The SMILES string of the molecule is CC(C[Si](C)(C)c1ccccc1)(c1ccccc1)c1ccccc1. The van der Waals surface area contributed by atoms with Crippen LogP contribution >= 0.6 is 0 Å². The summed E-state index contributed by atoms with van der Waals surface area (Å²) in [4.78, 5) is 0. The molecule has 24 heavy (non-hydrogen) atoms. The summed E-state index contributed by atoms with van der Waals surface area (Å²) in [5, 5.41) is 1.53. The van der Waals surface area contributed by atoms with Gasteiger partial charge in [0.05, 0.1) is 8.07 Å². The third kappa shape index (κ3) is 3.37. The van der Waals surface area contributed by atoms with E-state index in [2.05, 4.69) is 111 Å². The number of hydrogen-bond acceptors (Lipinski definition) is 0. The smallest absolute Gasteiger partial charge is 0.0654 e. The largest absolute Gasteiger partial charge is 0.0818 e. The Morgan fingerprint density at radius 3 is 1.42 bits per heavy atom. The Balaban J connectivity index is 2.06. The van der Waals surface area contributed by atoms with Crippen molar-refractivity contribution < 1.29 is 0 Å². The van der Waals surface area contributed by atoms with Crippen molar-refractivity contribution in [3.8, 4) is 0 Å². The van der Waals surface area contributed by atoms with Gasteiger partial charge in [0.25, 0.3) is 0 Å². The molecule has 0 heterocycles. The molecule has 0 aliphatic heterocycles. The zero-order valence-electron chi connectivity index (χ0n) is 14.9. The molecule has 0 atom stereocenters. The van der Waals surface area contributed by atoms with Crippen LogP contribution in [-0.2, 0) is 5.41 Å². The zero-order chi connectivity index (χ0) is 17.0. The molecule has 0 bridgehead atoms. The third-order valence-corrected chi connectivity index (χ3v) is 8.66. The Bertz CT molecular complexity index is 721. The molecule has 3 rings (SSSR count). The van der Waals surface area contributed by atoms with E-state index in [0.29, 0.717) is 0 Å². The second-order valence-electron chi connectivity index (χ2n) is 7.49. The van der Waals surface area contributed by atoms with Gasteiger partial charge in [-0.2, -0.15) is 0 Å². The molecule has 0 aliphatic rings. The van der Waals surface area contributed by atoms with Gasteiger partial charge in [0.15, 0.2) is 0 Å². The topological polar surface area (TPSA) is 0 Å². The molecule has 0 spiro atoms. The molecule has 0 aromatic heterocycles. The number of hydrogen-bond donors (Lipinski definition) is 0. The summed E-state index contributed by atoms with van der Waals surface area (Å²) in [6, 6.07) is 34.2. The fraction of sp³-hybridized carbons (Fsp3) is 0.217. The minimum atomic E-state index is -1.58. The van der Waals surface area contributed by atoms with Gasteiger partial charge in [-0.05, 0) is 17.2 Å². The zero-order valence-corrected chi connectivity index (χ0v) is 15.9. The molecular formula is C23H26Si. The van der Waals surface area contributed by atoms with Crippen LogP contribution in [-0.4, -0.2) is 8.07 Å². The highest BCUT2D eigenvalue weighted by Gasteiger charge is 2.37. The molecule has 0 saturated heterocycles. The maximum atomic E-state index is 2.49. The molecule has 3 aromatic rings. The van der Waals surface area contributed by atoms with E-state index in [-0.39, 0.29) is 5.41 Å². The van der Waals surface area contributed by atoms with Crippen molar-refractivity contribution in [3.63, 3.8) is 0 Å². The lowest BCUT2D eigenvalue weighted by molar-refractivity contribution is 0.630. The number of rotatable bonds is 5. The summed E-state index contributed by atoms with van der Waals surface area (Å²) in [6.45, 7) is 7.40. The van der Waals surface area contributed by atoms with Crippen molar-refractivity contribution in [2.24, 2.45) is 0 Å². The summed E-state index contributed by atoms with van der Waals surface area (Å²) in [7, 11) is -1.58. The molecule has 0 saturated carbocycles. The molecule has 0 radical (unpaired) electrons. The standard InChI is InChI=1S/C23H26Si/c1-23(20-13-7-4-8-14-20,21-15-9-5-10-16-21)19-24(2,3)22-17-11-6-12-18-22/h4-18H,19H2,1-3H3. The fourth-order valence-electron chi connectivity index (χ4n) is 3.86. The lowest BCUT2D eigenvalue weighted by atomic mass is 9.78. The number of benzene rings is 3. The Labute approximate surface area is 147 Å². The lowest BCUT2D eigenvalue weighted by Gasteiger charge is -2.38. The van der Waals surface area contributed by atoms with Crippen molar-refractivity contribution in [1.29, 1.82) is 0 Å². The van der Waals surface area contributed by atoms with E-state index in [1.165, 1.54) is 22.4 Å². The molecule has 1 heteroatoms. The van der Waals surface area contributed by atoms with Crippen LogP contribution in [0.25, 0.3) is 0 Å². The van der Waals surface area contributed by atoms with Gasteiger partial charge in [-0.1, -0.05) is 116 Å².